The molecule has 1 heterocycles. The van der Waals surface area contributed by atoms with Crippen LogP contribution in [-0.2, 0) is 0 Å². The first-order valence-electron chi connectivity index (χ1n) is 4.90. The number of hydrogen-bond donors (Lipinski definition) is 2. The van der Waals surface area contributed by atoms with Crippen molar-refractivity contribution in [2.75, 3.05) is 5.32 Å². The highest BCUT2D eigenvalue weighted by atomic mass is 79.9. The molecular formula is C11H8BrFN4S. The molecule has 0 unspecified atom stereocenters. The summed E-state index contributed by atoms with van der Waals surface area (Å²) in [6.07, 6.45) is 2.87. The lowest BCUT2D eigenvalue weighted by atomic mass is 10.3. The molecule has 92 valence electrons. The molecule has 0 spiro atoms. The third-order valence-electron chi connectivity index (χ3n) is 2.10. The molecule has 3 N–H and O–H groups in total. The Labute approximate surface area is 117 Å². The molecule has 0 fully saturated rings. The van der Waals surface area contributed by atoms with Crippen LogP contribution in [0, 0.1) is 5.82 Å². The molecule has 2 rings (SSSR count). The van der Waals surface area contributed by atoms with Crippen LogP contribution in [0.3, 0.4) is 0 Å². The summed E-state index contributed by atoms with van der Waals surface area (Å²) in [4.78, 5) is 8.21. The van der Waals surface area contributed by atoms with Crippen molar-refractivity contribution < 1.29 is 4.39 Å². The van der Waals surface area contributed by atoms with E-state index in [9.17, 15) is 4.39 Å². The second-order valence-corrected chi connectivity index (χ2v) is 4.76. The molecule has 0 saturated heterocycles. The maximum Gasteiger partial charge on any atom is 0.148 e. The minimum Gasteiger partial charge on any atom is -0.388 e. The molecule has 2 aromatic rings. The summed E-state index contributed by atoms with van der Waals surface area (Å²) in [6.45, 7) is 0. The fraction of sp³-hybridized carbons (Fsp3) is 0. The van der Waals surface area contributed by atoms with Gasteiger partial charge in [-0.15, -0.1) is 0 Å². The van der Waals surface area contributed by atoms with Gasteiger partial charge >= 0.3 is 0 Å². The Kier molecular flexibility index (Phi) is 3.83. The molecular weight excluding hydrogens is 319 g/mol. The predicted molar refractivity (Wildman–Crippen MR) is 75.3 cm³/mol. The summed E-state index contributed by atoms with van der Waals surface area (Å²) in [5.41, 5.74) is 6.14. The molecule has 0 bridgehead atoms. The zero-order chi connectivity index (χ0) is 13.1. The molecule has 1 aromatic heterocycles. The van der Waals surface area contributed by atoms with Gasteiger partial charge in [-0.25, -0.2) is 14.4 Å². The average molecular weight is 327 g/mol. The summed E-state index contributed by atoms with van der Waals surface area (Å²) in [5.74, 6) is 0.0285. The normalized spacial score (nSPS) is 10.1. The maximum absolute atomic E-state index is 13.6. The Morgan fingerprint density at radius 2 is 2.11 bits per heavy atom. The van der Waals surface area contributed by atoms with Gasteiger partial charge in [-0.05, 0) is 18.2 Å². The number of hydrogen-bond acceptors (Lipinski definition) is 4. The number of aromatic nitrogens is 2. The Morgan fingerprint density at radius 1 is 1.33 bits per heavy atom. The third-order valence-corrected chi connectivity index (χ3v) is 2.80. The fourth-order valence-corrected chi connectivity index (χ4v) is 1.69. The minimum atomic E-state index is -0.385. The van der Waals surface area contributed by atoms with E-state index < -0.39 is 0 Å². The molecule has 0 aliphatic rings. The van der Waals surface area contributed by atoms with Crippen LogP contribution >= 0.6 is 28.1 Å². The van der Waals surface area contributed by atoms with Gasteiger partial charge in [-0.2, -0.15) is 0 Å². The highest BCUT2D eigenvalue weighted by molar-refractivity contribution is 9.10. The highest BCUT2D eigenvalue weighted by Gasteiger charge is 2.05. The van der Waals surface area contributed by atoms with Gasteiger partial charge < -0.3 is 11.1 Å². The largest absolute Gasteiger partial charge is 0.388 e. The molecule has 1 aromatic carbocycles. The van der Waals surface area contributed by atoms with Gasteiger partial charge in [0.2, 0.25) is 0 Å². The molecule has 0 amide bonds. The van der Waals surface area contributed by atoms with E-state index in [0.717, 1.165) is 0 Å². The molecule has 4 nitrogen and oxygen atoms in total. The second-order valence-electron chi connectivity index (χ2n) is 3.40. The SMILES string of the molecule is NC(=S)c1cnc(Nc2ccc(Br)cc2F)cn1. The Hall–Kier alpha value is -1.60. The molecule has 0 saturated carbocycles. The van der Waals surface area contributed by atoms with Crippen LogP contribution in [0.4, 0.5) is 15.9 Å². The van der Waals surface area contributed by atoms with Crippen LogP contribution in [0.25, 0.3) is 0 Å². The summed E-state index contributed by atoms with van der Waals surface area (Å²) < 4.78 is 14.2. The number of nitrogens with zero attached hydrogens (tertiary/aromatic N) is 2. The predicted octanol–water partition coefficient (Wildman–Crippen LogP) is 2.76. The topological polar surface area (TPSA) is 63.8 Å². The van der Waals surface area contributed by atoms with Crippen molar-refractivity contribution in [1.29, 1.82) is 0 Å². The highest BCUT2D eigenvalue weighted by Crippen LogP contribution is 2.21. The van der Waals surface area contributed by atoms with Crippen LogP contribution in [0.1, 0.15) is 5.69 Å². The minimum absolute atomic E-state index is 0.170. The van der Waals surface area contributed by atoms with Crippen LogP contribution in [0.5, 0.6) is 0 Å². The van der Waals surface area contributed by atoms with Gasteiger partial charge in [0.05, 0.1) is 18.1 Å². The van der Waals surface area contributed by atoms with E-state index in [1.165, 1.54) is 18.5 Å². The number of anilines is 2. The summed E-state index contributed by atoms with van der Waals surface area (Å²) >= 11 is 7.94. The molecule has 0 aliphatic heterocycles. The first-order chi connectivity index (χ1) is 8.56. The van der Waals surface area contributed by atoms with Crippen molar-refractivity contribution in [1.82, 2.24) is 9.97 Å². The van der Waals surface area contributed by atoms with Gasteiger partial charge in [0.1, 0.15) is 22.3 Å². The molecule has 0 aliphatic carbocycles. The summed E-state index contributed by atoms with van der Waals surface area (Å²) in [7, 11) is 0. The van der Waals surface area contributed by atoms with Gasteiger partial charge in [-0.1, -0.05) is 28.1 Å². The van der Waals surface area contributed by atoms with Gasteiger partial charge in [0, 0.05) is 4.47 Å². The molecule has 18 heavy (non-hydrogen) atoms. The lowest BCUT2D eigenvalue weighted by Crippen LogP contribution is -2.12. The van der Waals surface area contributed by atoms with Crippen molar-refractivity contribution in [3.8, 4) is 0 Å². The zero-order valence-electron chi connectivity index (χ0n) is 9.02. The van der Waals surface area contributed by atoms with E-state index in [2.05, 4.69) is 31.2 Å². The average Bonchev–Trinajstić information content (AvgIpc) is 2.33. The summed E-state index contributed by atoms with van der Waals surface area (Å²) in [6, 6.07) is 4.68. The maximum atomic E-state index is 13.6. The first-order valence-corrected chi connectivity index (χ1v) is 6.10. The Morgan fingerprint density at radius 3 is 2.67 bits per heavy atom. The van der Waals surface area contributed by atoms with E-state index in [0.29, 0.717) is 21.7 Å². The van der Waals surface area contributed by atoms with Gasteiger partial charge in [0.15, 0.2) is 0 Å². The molecule has 7 heteroatoms. The number of rotatable bonds is 3. The number of benzene rings is 1. The zero-order valence-corrected chi connectivity index (χ0v) is 11.4. The van der Waals surface area contributed by atoms with E-state index in [1.807, 2.05) is 0 Å². The monoisotopic (exact) mass is 326 g/mol. The van der Waals surface area contributed by atoms with E-state index in [-0.39, 0.29) is 10.8 Å². The number of nitrogens with two attached hydrogens (primary N) is 1. The van der Waals surface area contributed by atoms with Crippen LogP contribution in [0.2, 0.25) is 0 Å². The Balaban J connectivity index is 2.21. The fourth-order valence-electron chi connectivity index (χ4n) is 1.25. The molecule has 0 atom stereocenters. The van der Waals surface area contributed by atoms with Crippen LogP contribution < -0.4 is 11.1 Å². The standard InChI is InChI=1S/C11H8BrFN4S/c12-6-1-2-8(7(13)3-6)17-10-5-15-9(4-16-10)11(14)18/h1-5H,(H2,14,18)(H,16,17). The third kappa shape index (κ3) is 2.99. The van der Waals surface area contributed by atoms with Crippen molar-refractivity contribution >= 4 is 44.6 Å². The van der Waals surface area contributed by atoms with E-state index in [4.69, 9.17) is 18.0 Å². The van der Waals surface area contributed by atoms with Gasteiger partial charge in [0.25, 0.3) is 0 Å². The van der Waals surface area contributed by atoms with Crippen molar-refractivity contribution in [2.45, 2.75) is 0 Å². The lowest BCUT2D eigenvalue weighted by Gasteiger charge is -2.07. The Bertz CT molecular complexity index is 588. The van der Waals surface area contributed by atoms with Crippen molar-refractivity contribution in [3.05, 3.63) is 46.6 Å². The van der Waals surface area contributed by atoms with E-state index >= 15 is 0 Å². The summed E-state index contributed by atoms with van der Waals surface area (Å²) in [5, 5.41) is 2.81. The van der Waals surface area contributed by atoms with Crippen LogP contribution in [0.15, 0.2) is 35.1 Å². The van der Waals surface area contributed by atoms with E-state index in [1.54, 1.807) is 12.1 Å². The quantitative estimate of drug-likeness (QED) is 0.849. The second kappa shape index (κ2) is 5.36. The van der Waals surface area contributed by atoms with Crippen molar-refractivity contribution in [3.63, 3.8) is 0 Å². The van der Waals surface area contributed by atoms with Gasteiger partial charge in [-0.3, -0.25) is 0 Å². The first kappa shape index (κ1) is 12.8. The number of thiocarbonyl (C=S) groups is 1. The van der Waals surface area contributed by atoms with Crippen molar-refractivity contribution in [2.24, 2.45) is 5.73 Å². The smallest absolute Gasteiger partial charge is 0.148 e. The lowest BCUT2D eigenvalue weighted by molar-refractivity contribution is 0.631. The molecule has 0 radical (unpaired) electrons. The van der Waals surface area contributed by atoms with Crippen LogP contribution in [-0.4, -0.2) is 15.0 Å². The number of halogens is 2. The number of nitrogens with one attached hydrogen (secondary N) is 1.